The Kier molecular flexibility index (Phi) is 1.25. The number of rotatable bonds is 0. The van der Waals surface area contributed by atoms with Gasteiger partial charge in [-0.2, -0.15) is 0 Å². The van der Waals surface area contributed by atoms with Gasteiger partial charge in [-0.05, 0) is 0 Å². The van der Waals surface area contributed by atoms with Crippen LogP contribution in [0.5, 0.6) is 0 Å². The van der Waals surface area contributed by atoms with Crippen molar-refractivity contribution in [1.82, 2.24) is 4.31 Å². The second-order valence-corrected chi connectivity index (χ2v) is 1.95. The maximum absolute atomic E-state index is 10.4. The molecule has 0 spiro atoms. The van der Waals surface area contributed by atoms with Crippen LogP contribution >= 0.6 is 0 Å². The summed E-state index contributed by atoms with van der Waals surface area (Å²) in [5, 5.41) is 0. The fourth-order valence-corrected chi connectivity index (χ4v) is 0.739. The molecular weight excluding hydrogens is 126 g/mol. The Bertz CT molecular complexity index is 129. The van der Waals surface area contributed by atoms with Crippen LogP contribution in [0.15, 0.2) is 0 Å². The highest BCUT2D eigenvalue weighted by Gasteiger charge is 2.18. The number of hydrogen-bond acceptors (Lipinski definition) is 3. The molecule has 1 aliphatic rings. The van der Waals surface area contributed by atoms with Crippen LogP contribution in [0, 0.1) is 0 Å². The minimum atomic E-state index is -0.245. The summed E-state index contributed by atoms with van der Waals surface area (Å²) in [7, 11) is 0. The lowest BCUT2D eigenvalue weighted by Gasteiger charge is -2.18. The number of carbonyl (C=O) groups excluding carboxylic acids is 2. The number of amides is 2. The summed E-state index contributed by atoms with van der Waals surface area (Å²) >= 11 is 4.38. The van der Waals surface area contributed by atoms with E-state index in [1.165, 1.54) is 0 Å². The first-order chi connectivity index (χ1) is 3.72. The first-order valence-electron chi connectivity index (χ1n) is 2.25. The standard InChI is InChI=1S/C4H4NO2S/c6-3-1-2-4(7)5(3)8/h1-2H2/q-1. The van der Waals surface area contributed by atoms with Gasteiger partial charge >= 0.3 is 0 Å². The van der Waals surface area contributed by atoms with Crippen LogP contribution in [0.2, 0.25) is 0 Å². The molecule has 8 heavy (non-hydrogen) atoms. The van der Waals surface area contributed by atoms with Crippen molar-refractivity contribution in [2.75, 3.05) is 0 Å². The smallest absolute Gasteiger partial charge is 0.207 e. The molecular formula is C4H4NO2S-. The molecule has 0 bridgehead atoms. The summed E-state index contributed by atoms with van der Waals surface area (Å²) in [4.78, 5) is 20.8. The van der Waals surface area contributed by atoms with Crippen LogP contribution in [-0.2, 0) is 22.4 Å². The minimum absolute atomic E-state index is 0.245. The fraction of sp³-hybridized carbons (Fsp3) is 0.500. The Morgan fingerprint density at radius 2 is 1.62 bits per heavy atom. The SMILES string of the molecule is O=C1CCC(=O)N1[S-]. The van der Waals surface area contributed by atoms with Gasteiger partial charge in [0.1, 0.15) is 0 Å². The van der Waals surface area contributed by atoms with E-state index in [9.17, 15) is 9.59 Å². The molecule has 44 valence electrons. The van der Waals surface area contributed by atoms with E-state index < -0.39 is 0 Å². The molecule has 3 nitrogen and oxygen atoms in total. The van der Waals surface area contributed by atoms with E-state index >= 15 is 0 Å². The van der Waals surface area contributed by atoms with Gasteiger partial charge in [0.25, 0.3) is 0 Å². The van der Waals surface area contributed by atoms with Crippen molar-refractivity contribution in [2.24, 2.45) is 0 Å². The normalized spacial score (nSPS) is 20.4. The highest BCUT2D eigenvalue weighted by atomic mass is 32.1. The summed E-state index contributed by atoms with van der Waals surface area (Å²) in [6.45, 7) is 0. The Labute approximate surface area is 52.2 Å². The Hall–Kier alpha value is -0.510. The second-order valence-electron chi connectivity index (χ2n) is 1.58. The van der Waals surface area contributed by atoms with E-state index in [4.69, 9.17) is 0 Å². The molecule has 0 saturated carbocycles. The van der Waals surface area contributed by atoms with E-state index in [-0.39, 0.29) is 11.8 Å². The largest absolute Gasteiger partial charge is 0.655 e. The zero-order valence-corrected chi connectivity index (χ0v) is 4.90. The number of imide groups is 1. The Morgan fingerprint density at radius 1 is 1.25 bits per heavy atom. The topological polar surface area (TPSA) is 37.4 Å². The summed E-state index contributed by atoms with van der Waals surface area (Å²) in [6, 6.07) is 0. The molecule has 0 aromatic heterocycles. The maximum atomic E-state index is 10.4. The first-order valence-corrected chi connectivity index (χ1v) is 2.61. The van der Waals surface area contributed by atoms with Gasteiger partial charge in [0.2, 0.25) is 11.8 Å². The lowest BCUT2D eigenvalue weighted by molar-refractivity contribution is -0.131. The first kappa shape index (κ1) is 5.62. The van der Waals surface area contributed by atoms with Crippen molar-refractivity contribution >= 4 is 24.6 Å². The summed E-state index contributed by atoms with van der Waals surface area (Å²) in [5.41, 5.74) is 0. The van der Waals surface area contributed by atoms with Gasteiger partial charge in [-0.25, -0.2) is 0 Å². The summed E-state index contributed by atoms with van der Waals surface area (Å²) < 4.78 is 0.750. The molecule has 0 atom stereocenters. The highest BCUT2D eigenvalue weighted by Crippen LogP contribution is 2.08. The Morgan fingerprint density at radius 3 is 1.75 bits per heavy atom. The molecule has 0 N–H and O–H groups in total. The molecule has 1 saturated heterocycles. The van der Waals surface area contributed by atoms with Gasteiger partial charge in [-0.15, -0.1) is 0 Å². The quantitative estimate of drug-likeness (QED) is 0.330. The second kappa shape index (κ2) is 1.78. The molecule has 2 amide bonds. The van der Waals surface area contributed by atoms with Gasteiger partial charge in [0, 0.05) is 12.8 Å². The molecule has 1 fully saturated rings. The number of hydrogen-bond donors (Lipinski definition) is 0. The third kappa shape index (κ3) is 0.709. The average Bonchev–Trinajstić information content (AvgIpc) is 1.98. The van der Waals surface area contributed by atoms with Gasteiger partial charge in [0.05, 0.1) is 0 Å². The van der Waals surface area contributed by atoms with Crippen LogP contribution < -0.4 is 0 Å². The molecule has 4 heteroatoms. The van der Waals surface area contributed by atoms with Crippen molar-refractivity contribution in [3.63, 3.8) is 0 Å². The molecule has 0 aromatic rings. The van der Waals surface area contributed by atoms with Crippen LogP contribution in [0.4, 0.5) is 0 Å². The molecule has 1 rings (SSSR count). The van der Waals surface area contributed by atoms with E-state index in [0.717, 1.165) is 4.31 Å². The average molecular weight is 130 g/mol. The molecule has 0 aromatic carbocycles. The molecule has 0 unspecified atom stereocenters. The van der Waals surface area contributed by atoms with Crippen molar-refractivity contribution in [1.29, 1.82) is 0 Å². The monoisotopic (exact) mass is 130 g/mol. The molecule has 1 aliphatic heterocycles. The number of carbonyl (C=O) groups is 2. The van der Waals surface area contributed by atoms with Gasteiger partial charge in [-0.1, -0.05) is 0 Å². The van der Waals surface area contributed by atoms with E-state index in [1.807, 2.05) is 0 Å². The van der Waals surface area contributed by atoms with Gasteiger partial charge in [-0.3, -0.25) is 9.59 Å². The number of nitrogens with zero attached hydrogens (tertiary/aromatic N) is 1. The zero-order valence-electron chi connectivity index (χ0n) is 4.09. The van der Waals surface area contributed by atoms with Crippen molar-refractivity contribution < 1.29 is 9.59 Å². The van der Waals surface area contributed by atoms with E-state index in [2.05, 4.69) is 12.8 Å². The van der Waals surface area contributed by atoms with Gasteiger partial charge < -0.3 is 17.1 Å². The van der Waals surface area contributed by atoms with E-state index in [0.29, 0.717) is 12.8 Å². The highest BCUT2D eigenvalue weighted by molar-refractivity contribution is 7.57. The molecule has 0 aliphatic carbocycles. The van der Waals surface area contributed by atoms with Crippen molar-refractivity contribution in [3.8, 4) is 0 Å². The third-order valence-corrected chi connectivity index (χ3v) is 1.41. The zero-order chi connectivity index (χ0) is 6.15. The third-order valence-electron chi connectivity index (χ3n) is 1.01. The lowest BCUT2D eigenvalue weighted by Crippen LogP contribution is -2.21. The lowest BCUT2D eigenvalue weighted by atomic mass is 10.4. The summed E-state index contributed by atoms with van der Waals surface area (Å²) in [6.07, 6.45) is 0.588. The molecule has 0 radical (unpaired) electrons. The minimum Gasteiger partial charge on any atom is -0.655 e. The fourth-order valence-electron chi connectivity index (χ4n) is 0.556. The summed E-state index contributed by atoms with van der Waals surface area (Å²) in [5.74, 6) is -0.491. The predicted octanol–water partition coefficient (Wildman–Crippen LogP) is -0.403. The van der Waals surface area contributed by atoms with Crippen LogP contribution in [0.25, 0.3) is 0 Å². The Balaban J connectivity index is 2.70. The maximum Gasteiger partial charge on any atom is 0.207 e. The van der Waals surface area contributed by atoms with Crippen LogP contribution in [0.1, 0.15) is 12.8 Å². The van der Waals surface area contributed by atoms with Crippen LogP contribution in [0.3, 0.4) is 0 Å². The predicted molar refractivity (Wildman–Crippen MR) is 28.5 cm³/mol. The van der Waals surface area contributed by atoms with Crippen molar-refractivity contribution in [3.05, 3.63) is 0 Å². The van der Waals surface area contributed by atoms with E-state index in [1.54, 1.807) is 0 Å². The van der Waals surface area contributed by atoms with Gasteiger partial charge in [0.15, 0.2) is 0 Å². The van der Waals surface area contributed by atoms with Crippen LogP contribution in [-0.4, -0.2) is 16.1 Å². The van der Waals surface area contributed by atoms with Crippen molar-refractivity contribution in [2.45, 2.75) is 12.8 Å². The molecule has 1 heterocycles.